The van der Waals surface area contributed by atoms with Crippen molar-refractivity contribution in [1.29, 1.82) is 0 Å². The second kappa shape index (κ2) is 15.5. The smallest absolute Gasteiger partial charge is 0.850 e. The number of benzene rings is 4. The van der Waals surface area contributed by atoms with E-state index in [9.17, 15) is 5.11 Å². The van der Waals surface area contributed by atoms with Crippen LogP contribution in [0, 0.1) is 6.08 Å². The number of nitrogens with zero attached hydrogens (tertiary/aromatic N) is 5. The number of imidazole rings is 2. The molecule has 0 bridgehead atoms. The number of hydrogen-bond donors (Lipinski definition) is 0. The number of halogens is 1. The Balaban J connectivity index is 0.000000151. The van der Waals surface area contributed by atoms with Gasteiger partial charge in [0, 0.05) is 31.7 Å². The second-order valence-corrected chi connectivity index (χ2v) is 11.8. The maximum Gasteiger partial charge on any atom is 1.00 e. The van der Waals surface area contributed by atoms with Crippen molar-refractivity contribution >= 4 is 50.6 Å². The summed E-state index contributed by atoms with van der Waals surface area (Å²) in [5.74, 6) is 0.947. The summed E-state index contributed by atoms with van der Waals surface area (Å²) in [6.45, 7) is 4.90. The van der Waals surface area contributed by atoms with Gasteiger partial charge in [-0.1, -0.05) is 69.3 Å². The van der Waals surface area contributed by atoms with Crippen LogP contribution >= 0.6 is 11.6 Å². The first-order valence-electron chi connectivity index (χ1n) is 14.5. The number of allylic oxidation sites excluding steroid dienone is 1. The number of aromatic nitrogens is 5. The molecule has 1 aliphatic rings. The first-order chi connectivity index (χ1) is 21.1. The molecule has 4 aromatic carbocycles. The molecule has 0 radical (unpaired) electrons. The summed E-state index contributed by atoms with van der Waals surface area (Å²) in [5.41, 5.74) is 7.35. The molecule has 8 rings (SSSR count). The summed E-state index contributed by atoms with van der Waals surface area (Å²) < 4.78 is 6.12. The van der Waals surface area contributed by atoms with E-state index in [1.54, 1.807) is 20.8 Å². The van der Waals surface area contributed by atoms with Crippen LogP contribution in [0.25, 0.3) is 45.0 Å². The first kappa shape index (κ1) is 34.8. The summed E-state index contributed by atoms with van der Waals surface area (Å²) in [6.07, 6.45) is 8.29. The third-order valence-corrected chi connectivity index (χ3v) is 7.25. The van der Waals surface area contributed by atoms with Crippen molar-refractivity contribution in [3.8, 4) is 5.95 Å². The topological polar surface area (TPSA) is 63.6 Å². The molecule has 0 fully saturated rings. The maximum atomic E-state index is 10.1. The Bertz CT molecular complexity index is 2040. The van der Waals surface area contributed by atoms with Crippen LogP contribution in [0.3, 0.4) is 0 Å². The molecule has 0 aliphatic heterocycles. The zero-order valence-corrected chi connectivity index (χ0v) is 30.6. The van der Waals surface area contributed by atoms with Gasteiger partial charge in [-0.25, -0.2) is 9.97 Å². The van der Waals surface area contributed by atoms with Gasteiger partial charge < -0.3 is 14.2 Å². The Labute approximate surface area is 312 Å². The summed E-state index contributed by atoms with van der Waals surface area (Å²) in [6, 6.07) is 34.9. The van der Waals surface area contributed by atoms with E-state index >= 15 is 0 Å². The summed E-state index contributed by atoms with van der Waals surface area (Å²) in [7, 11) is 3.96. The van der Waals surface area contributed by atoms with E-state index < -0.39 is 5.60 Å². The maximum absolute atomic E-state index is 10.1. The van der Waals surface area contributed by atoms with Gasteiger partial charge in [0.1, 0.15) is 12.0 Å². The third-order valence-electron chi connectivity index (χ3n) is 6.92. The third kappa shape index (κ3) is 8.79. The molecule has 0 saturated heterocycles. The minimum atomic E-state index is -0.750. The quantitative estimate of drug-likeness (QED) is 0.188. The van der Waals surface area contributed by atoms with Gasteiger partial charge >= 0.3 is 51.4 Å². The zero-order valence-electron chi connectivity index (χ0n) is 26.7. The van der Waals surface area contributed by atoms with Crippen LogP contribution < -0.4 is 56.5 Å². The van der Waals surface area contributed by atoms with Crippen LogP contribution in [0.4, 0.5) is 0 Å². The predicted molar refractivity (Wildman–Crippen MR) is 181 cm³/mol. The SMILES string of the molecule is CC(C)(C)[O-].Cn1c(-n2ccc3ccccc32)nc2ccccc21.Cn1c(Cl)nc2ccccc21.[C+]1=Cc2ccccc2C1.[K+]. The normalized spacial score (nSPS) is 11.4. The minimum Gasteiger partial charge on any atom is -0.850 e. The largest absolute Gasteiger partial charge is 1.00 e. The Morgan fingerprint density at radius 1 is 0.711 bits per heavy atom. The molecule has 0 amide bonds. The molecular formula is C37H36ClKN5O+. The van der Waals surface area contributed by atoms with Crippen molar-refractivity contribution in [2.24, 2.45) is 14.1 Å². The van der Waals surface area contributed by atoms with Crippen LogP contribution in [0.1, 0.15) is 31.9 Å². The fraction of sp³-hybridized carbons (Fsp3) is 0.189. The number of rotatable bonds is 1. The zero-order chi connectivity index (χ0) is 31.3. The summed E-state index contributed by atoms with van der Waals surface area (Å²) >= 11 is 5.80. The van der Waals surface area contributed by atoms with E-state index in [0.29, 0.717) is 5.28 Å². The molecule has 45 heavy (non-hydrogen) atoms. The molecule has 6 nitrogen and oxygen atoms in total. The number of aryl methyl sites for hydroxylation is 2. The Morgan fingerprint density at radius 2 is 1.24 bits per heavy atom. The van der Waals surface area contributed by atoms with Crippen molar-refractivity contribution in [2.45, 2.75) is 32.8 Å². The molecule has 0 spiro atoms. The van der Waals surface area contributed by atoms with Crippen molar-refractivity contribution < 1.29 is 56.5 Å². The van der Waals surface area contributed by atoms with Crippen molar-refractivity contribution in [3.63, 3.8) is 0 Å². The number of para-hydroxylation sites is 5. The van der Waals surface area contributed by atoms with Crippen LogP contribution in [-0.2, 0) is 20.5 Å². The van der Waals surface area contributed by atoms with E-state index in [0.717, 1.165) is 34.4 Å². The van der Waals surface area contributed by atoms with Crippen LogP contribution in [0.5, 0.6) is 0 Å². The number of hydrogen-bond acceptors (Lipinski definition) is 3. The standard InChI is InChI=1S/C16H13N3.C9H7.C8H7ClN2.C4H9O.K/c1-18-15-9-5-3-7-13(15)17-16(18)19-11-10-12-6-2-4-8-14(12)19;1-2-5-9-7-3-6-8(9)4-1;1-11-7-5-3-2-4-6(7)10-8(11)9;1-4(2,3)5;/h2-11H,1H3;1-2,4-6H,7H2;2-5H,1H3;1-3H3;/q;+1;;-1;+1. The average Bonchev–Trinajstić information content (AvgIpc) is 3.79. The Hall–Kier alpha value is -3.10. The van der Waals surface area contributed by atoms with Crippen LogP contribution in [-0.4, -0.2) is 29.3 Å². The van der Waals surface area contributed by atoms with Crippen LogP contribution in [0.2, 0.25) is 5.28 Å². The molecule has 8 heteroatoms. The predicted octanol–water partition coefficient (Wildman–Crippen LogP) is 4.95. The second-order valence-electron chi connectivity index (χ2n) is 11.5. The molecule has 1 aliphatic carbocycles. The molecule has 3 heterocycles. The molecule has 0 atom stereocenters. The monoisotopic (exact) mass is 640 g/mol. The van der Waals surface area contributed by atoms with Crippen LogP contribution in [0.15, 0.2) is 109 Å². The van der Waals surface area contributed by atoms with Crippen molar-refractivity contribution in [2.75, 3.05) is 0 Å². The van der Waals surface area contributed by atoms with E-state index in [1.165, 1.54) is 22.0 Å². The van der Waals surface area contributed by atoms with Gasteiger partial charge in [0.15, 0.2) is 6.08 Å². The Morgan fingerprint density at radius 3 is 1.87 bits per heavy atom. The average molecular weight is 641 g/mol. The molecule has 3 aromatic heterocycles. The van der Waals surface area contributed by atoms with Crippen molar-refractivity contribution in [3.05, 3.63) is 132 Å². The summed E-state index contributed by atoms with van der Waals surface area (Å²) in [5, 5.41) is 11.9. The van der Waals surface area contributed by atoms with E-state index in [-0.39, 0.29) is 51.4 Å². The van der Waals surface area contributed by atoms with Gasteiger partial charge in [0.2, 0.25) is 11.2 Å². The Kier molecular flexibility index (Phi) is 11.9. The van der Waals surface area contributed by atoms with E-state index in [2.05, 4.69) is 100 Å². The fourth-order valence-electron chi connectivity index (χ4n) is 4.83. The molecule has 222 valence electrons. The molecule has 0 unspecified atom stereocenters. The fourth-order valence-corrected chi connectivity index (χ4v) is 5.01. The van der Waals surface area contributed by atoms with Gasteiger partial charge in [0.05, 0.1) is 39.2 Å². The van der Waals surface area contributed by atoms with E-state index in [1.807, 2.05) is 54.1 Å². The van der Waals surface area contributed by atoms with Gasteiger partial charge in [-0.3, -0.25) is 4.57 Å². The van der Waals surface area contributed by atoms with Gasteiger partial charge in [-0.15, -0.1) is 5.60 Å². The molecular weight excluding hydrogens is 605 g/mol. The first-order valence-corrected chi connectivity index (χ1v) is 14.9. The van der Waals surface area contributed by atoms with Gasteiger partial charge in [0.25, 0.3) is 0 Å². The molecule has 0 N–H and O–H groups in total. The molecule has 7 aromatic rings. The summed E-state index contributed by atoms with van der Waals surface area (Å²) in [4.78, 5) is 8.87. The van der Waals surface area contributed by atoms with Gasteiger partial charge in [-0.2, -0.15) is 0 Å². The van der Waals surface area contributed by atoms with E-state index in [4.69, 9.17) is 16.6 Å². The minimum absolute atomic E-state index is 0. The molecule has 0 saturated carbocycles. The van der Waals surface area contributed by atoms with Crippen molar-refractivity contribution in [1.82, 2.24) is 23.7 Å². The van der Waals surface area contributed by atoms with Gasteiger partial charge in [-0.05, 0) is 60.1 Å². The number of fused-ring (bicyclic) bond motifs is 4.